The third-order valence-electron chi connectivity index (χ3n) is 6.05. The van der Waals surface area contributed by atoms with E-state index in [1.807, 2.05) is 29.2 Å². The van der Waals surface area contributed by atoms with Crippen molar-refractivity contribution >= 4 is 42.3 Å². The highest BCUT2D eigenvalue weighted by atomic mass is 35.5. The van der Waals surface area contributed by atoms with Crippen molar-refractivity contribution < 1.29 is 9.59 Å². The number of carbonyl (C=O) groups is 2. The van der Waals surface area contributed by atoms with E-state index in [1.165, 1.54) is 0 Å². The molecule has 1 saturated carbocycles. The van der Waals surface area contributed by atoms with Gasteiger partial charge in [-0.15, -0.1) is 24.8 Å². The Morgan fingerprint density at radius 2 is 1.72 bits per heavy atom. The van der Waals surface area contributed by atoms with Crippen LogP contribution in [0.4, 0.5) is 5.69 Å². The Kier molecular flexibility index (Phi) is 11.0. The molecule has 0 bridgehead atoms. The fraction of sp³-hybridized carbons (Fsp3) is 0.619. The van der Waals surface area contributed by atoms with Gasteiger partial charge in [-0.3, -0.25) is 9.59 Å². The van der Waals surface area contributed by atoms with Crippen LogP contribution in [0.5, 0.6) is 0 Å². The van der Waals surface area contributed by atoms with E-state index in [0.717, 1.165) is 63.2 Å². The fourth-order valence-electron chi connectivity index (χ4n) is 4.20. The zero-order valence-electron chi connectivity index (χ0n) is 17.1. The molecule has 0 spiro atoms. The van der Waals surface area contributed by atoms with E-state index < -0.39 is 0 Å². The first kappa shape index (κ1) is 25.7. The quantitative estimate of drug-likeness (QED) is 0.706. The van der Waals surface area contributed by atoms with Crippen LogP contribution >= 0.6 is 24.8 Å². The van der Waals surface area contributed by atoms with E-state index >= 15 is 0 Å². The van der Waals surface area contributed by atoms with Gasteiger partial charge in [0.1, 0.15) is 0 Å². The maximum absolute atomic E-state index is 12.5. The zero-order chi connectivity index (χ0) is 19.2. The first-order valence-corrected chi connectivity index (χ1v) is 10.2. The Morgan fingerprint density at radius 1 is 1.07 bits per heavy atom. The summed E-state index contributed by atoms with van der Waals surface area (Å²) in [6, 6.07) is 7.65. The van der Waals surface area contributed by atoms with Crippen LogP contribution in [0.25, 0.3) is 0 Å². The average molecular weight is 445 g/mol. The molecule has 29 heavy (non-hydrogen) atoms. The highest BCUT2D eigenvalue weighted by Gasteiger charge is 2.31. The van der Waals surface area contributed by atoms with E-state index in [2.05, 4.69) is 17.1 Å². The van der Waals surface area contributed by atoms with Crippen molar-refractivity contribution in [2.24, 2.45) is 17.6 Å². The molecule has 8 heteroatoms. The minimum atomic E-state index is 0. The third kappa shape index (κ3) is 6.85. The minimum Gasteiger partial charge on any atom is -0.340 e. The van der Waals surface area contributed by atoms with E-state index in [9.17, 15) is 9.59 Å². The predicted octanol–water partition coefficient (Wildman–Crippen LogP) is 2.55. The van der Waals surface area contributed by atoms with Crippen LogP contribution in [-0.2, 0) is 16.0 Å². The molecule has 6 nitrogen and oxygen atoms in total. The van der Waals surface area contributed by atoms with Gasteiger partial charge in [-0.05, 0) is 49.5 Å². The van der Waals surface area contributed by atoms with Crippen LogP contribution in [0, 0.1) is 11.8 Å². The number of nitrogens with zero attached hydrogens (tertiary/aromatic N) is 2. The molecule has 3 N–H and O–H groups in total. The molecule has 1 aromatic rings. The maximum atomic E-state index is 12.5. The van der Waals surface area contributed by atoms with Crippen LogP contribution in [0.3, 0.4) is 0 Å². The normalized spacial score (nSPS) is 21.8. The van der Waals surface area contributed by atoms with Crippen molar-refractivity contribution in [2.75, 3.05) is 44.6 Å². The molecule has 3 rings (SSSR count). The monoisotopic (exact) mass is 444 g/mol. The van der Waals surface area contributed by atoms with Crippen LogP contribution < -0.4 is 11.1 Å². The second-order valence-corrected chi connectivity index (χ2v) is 7.71. The van der Waals surface area contributed by atoms with Crippen LogP contribution in [0.15, 0.2) is 24.3 Å². The molecule has 2 aliphatic rings. The summed E-state index contributed by atoms with van der Waals surface area (Å²) in [6.07, 6.45) is 3.46. The van der Waals surface area contributed by atoms with E-state index in [4.69, 9.17) is 5.73 Å². The number of carbonyl (C=O) groups excluding carboxylic acids is 2. The first-order chi connectivity index (χ1) is 13.1. The molecule has 164 valence electrons. The summed E-state index contributed by atoms with van der Waals surface area (Å²) in [6.45, 7) is 7.31. The van der Waals surface area contributed by atoms with Gasteiger partial charge in [0, 0.05) is 37.8 Å². The van der Waals surface area contributed by atoms with Crippen LogP contribution in [0.2, 0.25) is 0 Å². The number of nitrogens with two attached hydrogens (primary N) is 1. The van der Waals surface area contributed by atoms with Gasteiger partial charge in [-0.2, -0.15) is 0 Å². The molecular weight excluding hydrogens is 411 g/mol. The van der Waals surface area contributed by atoms with Crippen molar-refractivity contribution in [1.29, 1.82) is 0 Å². The van der Waals surface area contributed by atoms with Gasteiger partial charge < -0.3 is 20.9 Å². The molecule has 0 radical (unpaired) electrons. The third-order valence-corrected chi connectivity index (χ3v) is 6.05. The lowest BCUT2D eigenvalue weighted by Gasteiger charge is -2.34. The number of hydrogen-bond acceptors (Lipinski definition) is 4. The number of rotatable bonds is 6. The van der Waals surface area contributed by atoms with Crippen molar-refractivity contribution in [3.05, 3.63) is 29.8 Å². The van der Waals surface area contributed by atoms with Crippen molar-refractivity contribution in [3.63, 3.8) is 0 Å². The minimum absolute atomic E-state index is 0. The summed E-state index contributed by atoms with van der Waals surface area (Å²) >= 11 is 0. The molecular formula is C21H34Cl2N4O2. The fourth-order valence-corrected chi connectivity index (χ4v) is 4.20. The highest BCUT2D eigenvalue weighted by Crippen LogP contribution is 2.31. The van der Waals surface area contributed by atoms with Gasteiger partial charge in [-0.25, -0.2) is 0 Å². The topological polar surface area (TPSA) is 78.7 Å². The van der Waals surface area contributed by atoms with E-state index in [-0.39, 0.29) is 42.5 Å². The molecule has 2 amide bonds. The van der Waals surface area contributed by atoms with Crippen molar-refractivity contribution in [1.82, 2.24) is 9.80 Å². The number of likely N-dealkylation sites (N-methyl/N-ethyl adjacent to an activating group) is 1. The lowest BCUT2D eigenvalue weighted by molar-refractivity contribution is -0.132. The SMILES string of the molecule is CCN1CCN(C(=O)Cc2ccc(NC(=O)[C@@H]3CCC[C@@H]3CN)cc2)CC1.Cl.Cl. The van der Waals surface area contributed by atoms with Gasteiger partial charge in [0.05, 0.1) is 6.42 Å². The van der Waals surface area contributed by atoms with Crippen molar-refractivity contribution in [3.8, 4) is 0 Å². The van der Waals surface area contributed by atoms with Gasteiger partial charge in [0.2, 0.25) is 11.8 Å². The Balaban J connectivity index is 0.00000210. The molecule has 1 aromatic carbocycles. The number of hydrogen-bond donors (Lipinski definition) is 2. The molecule has 2 fully saturated rings. The number of halogens is 2. The summed E-state index contributed by atoms with van der Waals surface area (Å²) < 4.78 is 0. The summed E-state index contributed by atoms with van der Waals surface area (Å²) in [5, 5.41) is 3.01. The predicted molar refractivity (Wildman–Crippen MR) is 122 cm³/mol. The van der Waals surface area contributed by atoms with Gasteiger partial charge in [0.25, 0.3) is 0 Å². The average Bonchev–Trinajstić information content (AvgIpc) is 3.18. The lowest BCUT2D eigenvalue weighted by Crippen LogP contribution is -2.48. The van der Waals surface area contributed by atoms with Gasteiger partial charge >= 0.3 is 0 Å². The summed E-state index contributed by atoms with van der Waals surface area (Å²) in [7, 11) is 0. The Morgan fingerprint density at radius 3 is 2.31 bits per heavy atom. The molecule has 1 saturated heterocycles. The largest absolute Gasteiger partial charge is 0.340 e. The maximum Gasteiger partial charge on any atom is 0.227 e. The van der Waals surface area contributed by atoms with Crippen LogP contribution in [-0.4, -0.2) is 60.9 Å². The number of piperazine rings is 1. The second kappa shape index (κ2) is 12.4. The van der Waals surface area contributed by atoms with E-state index in [0.29, 0.717) is 18.9 Å². The van der Waals surface area contributed by atoms with Gasteiger partial charge in [-0.1, -0.05) is 25.5 Å². The first-order valence-electron chi connectivity index (χ1n) is 10.2. The molecule has 1 aliphatic heterocycles. The Bertz CT molecular complexity index is 649. The lowest BCUT2D eigenvalue weighted by atomic mass is 9.95. The molecule has 1 aliphatic carbocycles. The number of nitrogens with one attached hydrogen (secondary N) is 1. The molecule has 1 heterocycles. The second-order valence-electron chi connectivity index (χ2n) is 7.71. The standard InChI is InChI=1S/C21H32N4O2.2ClH/c1-2-24-10-12-25(13-11-24)20(26)14-16-6-8-18(9-7-16)23-21(27)19-5-3-4-17(19)15-22;;/h6-9,17,19H,2-5,10-15,22H2,1H3,(H,23,27);2*1H/t17-,19-;;/m1../s1. The number of benzene rings is 1. The summed E-state index contributed by atoms with van der Waals surface area (Å²) in [5.41, 5.74) is 7.55. The molecule has 0 unspecified atom stereocenters. The molecule has 2 atom stereocenters. The van der Waals surface area contributed by atoms with Gasteiger partial charge in [0.15, 0.2) is 0 Å². The zero-order valence-corrected chi connectivity index (χ0v) is 18.8. The molecule has 0 aromatic heterocycles. The number of amides is 2. The summed E-state index contributed by atoms with van der Waals surface area (Å²) in [5.74, 6) is 0.577. The Labute approximate surface area is 186 Å². The van der Waals surface area contributed by atoms with Crippen LogP contribution in [0.1, 0.15) is 31.7 Å². The van der Waals surface area contributed by atoms with Crippen molar-refractivity contribution in [2.45, 2.75) is 32.6 Å². The highest BCUT2D eigenvalue weighted by molar-refractivity contribution is 5.93. The smallest absolute Gasteiger partial charge is 0.227 e. The Hall–Kier alpha value is -1.34. The van der Waals surface area contributed by atoms with E-state index in [1.54, 1.807) is 0 Å². The summed E-state index contributed by atoms with van der Waals surface area (Å²) in [4.78, 5) is 29.3. The number of anilines is 1.